The van der Waals surface area contributed by atoms with Crippen LogP contribution in [0.25, 0.3) is 0 Å². The highest BCUT2D eigenvalue weighted by Gasteiger charge is 2.50. The monoisotopic (exact) mass is 332 g/mol. The van der Waals surface area contributed by atoms with Crippen molar-refractivity contribution in [3.05, 3.63) is 29.8 Å². The Morgan fingerprint density at radius 1 is 1.38 bits per heavy atom. The third kappa shape index (κ3) is 3.24. The van der Waals surface area contributed by atoms with E-state index in [0.717, 1.165) is 13.0 Å². The van der Waals surface area contributed by atoms with Crippen LogP contribution in [0, 0.1) is 5.41 Å². The van der Waals surface area contributed by atoms with Gasteiger partial charge in [0.2, 0.25) is 0 Å². The van der Waals surface area contributed by atoms with Crippen LogP contribution < -0.4 is 0 Å². The molecule has 1 amide bonds. The van der Waals surface area contributed by atoms with Crippen molar-refractivity contribution in [2.75, 3.05) is 33.7 Å². The van der Waals surface area contributed by atoms with E-state index in [-0.39, 0.29) is 23.7 Å². The maximum atomic E-state index is 12.5. The van der Waals surface area contributed by atoms with Crippen LogP contribution in [0.3, 0.4) is 0 Å². The van der Waals surface area contributed by atoms with E-state index in [1.807, 2.05) is 19.0 Å². The molecule has 24 heavy (non-hydrogen) atoms. The number of hydrogen-bond donors (Lipinski definition) is 1. The van der Waals surface area contributed by atoms with Gasteiger partial charge in [0.25, 0.3) is 5.91 Å². The Bertz CT molecular complexity index is 636. The number of likely N-dealkylation sites (tertiary alicyclic amines) is 1. The Hall–Kier alpha value is -2.08. The number of carbonyl (C=O) groups excluding carboxylic acids is 2. The van der Waals surface area contributed by atoms with E-state index in [9.17, 15) is 14.7 Å². The summed E-state index contributed by atoms with van der Waals surface area (Å²) in [6.45, 7) is 1.82. The van der Waals surface area contributed by atoms with Crippen molar-refractivity contribution >= 4 is 11.9 Å². The van der Waals surface area contributed by atoms with Crippen LogP contribution in [0.5, 0.6) is 5.75 Å². The second-order valence-electron chi connectivity index (χ2n) is 7.12. The van der Waals surface area contributed by atoms with Gasteiger partial charge in [0.15, 0.2) is 0 Å². The number of ether oxygens (including phenoxy) is 1. The highest BCUT2D eigenvalue weighted by atomic mass is 16.6. The lowest BCUT2D eigenvalue weighted by Gasteiger charge is -2.36. The van der Waals surface area contributed by atoms with E-state index >= 15 is 0 Å². The number of phenolic OH excluding ortho intramolecular Hbond substituents is 1. The smallest absolute Gasteiger partial charge is 0.312 e. The second-order valence-corrected chi connectivity index (χ2v) is 7.12. The number of rotatable bonds is 3. The average Bonchev–Trinajstić information content (AvgIpc) is 2.82. The van der Waals surface area contributed by atoms with Gasteiger partial charge in [-0.25, -0.2) is 0 Å². The topological polar surface area (TPSA) is 70.1 Å². The number of hydrogen-bond acceptors (Lipinski definition) is 5. The Morgan fingerprint density at radius 2 is 2.08 bits per heavy atom. The van der Waals surface area contributed by atoms with E-state index in [2.05, 4.69) is 0 Å². The summed E-state index contributed by atoms with van der Waals surface area (Å²) in [4.78, 5) is 28.7. The molecular weight excluding hydrogens is 308 g/mol. The van der Waals surface area contributed by atoms with Crippen molar-refractivity contribution < 1.29 is 19.4 Å². The molecule has 1 aromatic carbocycles. The molecule has 0 radical (unpaired) electrons. The first-order valence-corrected chi connectivity index (χ1v) is 8.34. The summed E-state index contributed by atoms with van der Waals surface area (Å²) in [5.41, 5.74) is 0.0430. The minimum atomic E-state index is -0.434. The molecule has 6 heteroatoms. The summed E-state index contributed by atoms with van der Waals surface area (Å²) in [6, 6.07) is 6.38. The number of phenols is 1. The van der Waals surface area contributed by atoms with Crippen molar-refractivity contribution in [3.8, 4) is 5.75 Å². The average molecular weight is 332 g/mol. The normalized spacial score (nSPS) is 22.9. The van der Waals surface area contributed by atoms with Gasteiger partial charge in [0, 0.05) is 31.6 Å². The molecule has 0 saturated carbocycles. The minimum absolute atomic E-state index is 0.0548. The molecule has 0 aromatic heterocycles. The highest BCUT2D eigenvalue weighted by molar-refractivity contribution is 5.94. The Labute approximate surface area is 142 Å². The highest BCUT2D eigenvalue weighted by Crippen LogP contribution is 2.43. The van der Waals surface area contributed by atoms with Crippen LogP contribution in [-0.4, -0.2) is 66.6 Å². The predicted molar refractivity (Wildman–Crippen MR) is 88.7 cm³/mol. The number of esters is 1. The van der Waals surface area contributed by atoms with E-state index < -0.39 is 5.41 Å². The van der Waals surface area contributed by atoms with Crippen LogP contribution in [-0.2, 0) is 9.53 Å². The van der Waals surface area contributed by atoms with Crippen LogP contribution in [0.2, 0.25) is 0 Å². The fourth-order valence-corrected chi connectivity index (χ4v) is 3.71. The first kappa shape index (κ1) is 16.8. The minimum Gasteiger partial charge on any atom is -0.508 e. The van der Waals surface area contributed by atoms with Crippen molar-refractivity contribution in [3.63, 3.8) is 0 Å². The predicted octanol–water partition coefficient (Wildman–Crippen LogP) is 1.49. The molecule has 1 spiro atoms. The van der Waals surface area contributed by atoms with Gasteiger partial charge in [0.1, 0.15) is 11.9 Å². The number of benzene rings is 1. The molecule has 2 fully saturated rings. The SMILES string of the molecule is CN(C)CC1CC2(CCN(C(=O)c3cccc(O)c3)CC2)C(=O)O1. The summed E-state index contributed by atoms with van der Waals surface area (Å²) in [6.07, 6.45) is 1.96. The maximum Gasteiger partial charge on any atom is 0.312 e. The van der Waals surface area contributed by atoms with E-state index in [0.29, 0.717) is 31.5 Å². The molecule has 2 heterocycles. The number of aromatic hydroxyl groups is 1. The fraction of sp³-hybridized carbons (Fsp3) is 0.556. The van der Waals surface area contributed by atoms with Gasteiger partial charge in [-0.2, -0.15) is 0 Å². The first-order valence-electron chi connectivity index (χ1n) is 8.34. The summed E-state index contributed by atoms with van der Waals surface area (Å²) in [5.74, 6) is -0.129. The summed E-state index contributed by atoms with van der Waals surface area (Å²) in [7, 11) is 3.94. The zero-order valence-electron chi connectivity index (χ0n) is 14.2. The van der Waals surface area contributed by atoms with Crippen LogP contribution >= 0.6 is 0 Å². The lowest BCUT2D eigenvalue weighted by atomic mass is 9.76. The lowest BCUT2D eigenvalue weighted by Crippen LogP contribution is -2.45. The van der Waals surface area contributed by atoms with Gasteiger partial charge in [-0.15, -0.1) is 0 Å². The molecule has 1 atom stereocenters. The molecule has 2 saturated heterocycles. The molecule has 1 aromatic rings. The van der Waals surface area contributed by atoms with Gasteiger partial charge in [0.05, 0.1) is 5.41 Å². The molecule has 1 unspecified atom stereocenters. The number of nitrogens with zero attached hydrogens (tertiary/aromatic N) is 2. The van der Waals surface area contributed by atoms with Gasteiger partial charge < -0.3 is 19.6 Å². The standard InChI is InChI=1S/C18H24N2O4/c1-19(2)12-15-11-18(17(23)24-15)6-8-20(9-7-18)16(22)13-4-3-5-14(21)10-13/h3-5,10,15,21H,6-9,11-12H2,1-2H3. The summed E-state index contributed by atoms with van der Waals surface area (Å²) < 4.78 is 5.54. The number of cyclic esters (lactones) is 1. The van der Waals surface area contributed by atoms with E-state index in [1.165, 1.54) is 6.07 Å². The number of amides is 1. The molecular formula is C18H24N2O4. The maximum absolute atomic E-state index is 12.5. The zero-order chi connectivity index (χ0) is 17.3. The van der Waals surface area contributed by atoms with Crippen molar-refractivity contribution in [1.82, 2.24) is 9.80 Å². The third-order valence-corrected chi connectivity index (χ3v) is 4.99. The Kier molecular flexibility index (Phi) is 4.49. The Balaban J connectivity index is 1.63. The fourth-order valence-electron chi connectivity index (χ4n) is 3.71. The van der Waals surface area contributed by atoms with Crippen LogP contribution in [0.1, 0.15) is 29.6 Å². The third-order valence-electron chi connectivity index (χ3n) is 4.99. The molecule has 2 aliphatic rings. The van der Waals surface area contributed by atoms with Gasteiger partial charge in [-0.1, -0.05) is 6.07 Å². The zero-order valence-corrected chi connectivity index (χ0v) is 14.2. The second kappa shape index (κ2) is 6.43. The van der Waals surface area contributed by atoms with E-state index in [4.69, 9.17) is 4.74 Å². The first-order chi connectivity index (χ1) is 11.4. The van der Waals surface area contributed by atoms with Crippen LogP contribution in [0.4, 0.5) is 0 Å². The van der Waals surface area contributed by atoms with Gasteiger partial charge in [-0.05, 0) is 45.1 Å². The molecule has 2 aliphatic heterocycles. The number of carbonyl (C=O) groups is 2. The van der Waals surface area contributed by atoms with Gasteiger partial charge >= 0.3 is 5.97 Å². The quantitative estimate of drug-likeness (QED) is 0.849. The van der Waals surface area contributed by atoms with Crippen molar-refractivity contribution in [2.24, 2.45) is 5.41 Å². The molecule has 0 aliphatic carbocycles. The van der Waals surface area contributed by atoms with Crippen molar-refractivity contribution in [2.45, 2.75) is 25.4 Å². The number of likely N-dealkylation sites (N-methyl/N-ethyl adjacent to an activating group) is 1. The van der Waals surface area contributed by atoms with Gasteiger partial charge in [-0.3, -0.25) is 9.59 Å². The molecule has 0 bridgehead atoms. The molecule has 6 nitrogen and oxygen atoms in total. The van der Waals surface area contributed by atoms with Crippen LogP contribution in [0.15, 0.2) is 24.3 Å². The van der Waals surface area contributed by atoms with E-state index in [1.54, 1.807) is 23.1 Å². The molecule has 3 rings (SSSR count). The van der Waals surface area contributed by atoms with Crippen molar-refractivity contribution in [1.29, 1.82) is 0 Å². The summed E-state index contributed by atoms with van der Waals surface area (Å²) >= 11 is 0. The largest absolute Gasteiger partial charge is 0.508 e. The lowest BCUT2D eigenvalue weighted by molar-refractivity contribution is -0.150. The molecule has 130 valence electrons. The molecule has 1 N–H and O–H groups in total. The Morgan fingerprint density at radius 3 is 2.71 bits per heavy atom. The summed E-state index contributed by atoms with van der Waals surface area (Å²) in [5, 5.41) is 9.53. The number of piperidine rings is 1.